The van der Waals surface area contributed by atoms with Crippen molar-refractivity contribution in [1.82, 2.24) is 5.32 Å². The molecule has 0 radical (unpaired) electrons. The van der Waals surface area contributed by atoms with Gasteiger partial charge in [0.1, 0.15) is 5.76 Å². The van der Waals surface area contributed by atoms with E-state index < -0.39 is 5.82 Å². The Balaban J connectivity index is 2.45. The summed E-state index contributed by atoms with van der Waals surface area (Å²) in [7, 11) is 0. The highest BCUT2D eigenvalue weighted by atomic mass is 35.5. The van der Waals surface area contributed by atoms with Crippen molar-refractivity contribution >= 4 is 22.6 Å². The number of benzene rings is 1. The zero-order valence-corrected chi connectivity index (χ0v) is 10.9. The number of fused-ring (bicyclic) bond motifs is 1. The normalized spacial score (nSPS) is 11.6. The fourth-order valence-corrected chi connectivity index (χ4v) is 1.89. The van der Waals surface area contributed by atoms with E-state index >= 15 is 0 Å². The molecule has 2 nitrogen and oxygen atoms in total. The monoisotopic (exact) mass is 255 g/mol. The standard InChI is InChI=1S/C13H15ClFNO/c1-7(2)16-6-11-8(3)9-4-5-10(14)12(15)13(9)17-11/h4-5,7,16H,6H2,1-3H3. The van der Waals surface area contributed by atoms with Gasteiger partial charge in [0, 0.05) is 11.4 Å². The van der Waals surface area contributed by atoms with Crippen LogP contribution in [0.15, 0.2) is 16.5 Å². The van der Waals surface area contributed by atoms with Crippen molar-refractivity contribution in [3.8, 4) is 0 Å². The van der Waals surface area contributed by atoms with Crippen LogP contribution in [-0.2, 0) is 6.54 Å². The van der Waals surface area contributed by atoms with E-state index in [4.69, 9.17) is 16.0 Å². The van der Waals surface area contributed by atoms with E-state index in [-0.39, 0.29) is 10.6 Å². The van der Waals surface area contributed by atoms with Gasteiger partial charge in [-0.1, -0.05) is 25.4 Å². The fraction of sp³-hybridized carbons (Fsp3) is 0.385. The molecule has 17 heavy (non-hydrogen) atoms. The molecule has 1 N–H and O–H groups in total. The fourth-order valence-electron chi connectivity index (χ4n) is 1.74. The Morgan fingerprint density at radius 1 is 1.41 bits per heavy atom. The quantitative estimate of drug-likeness (QED) is 0.896. The van der Waals surface area contributed by atoms with E-state index in [2.05, 4.69) is 19.2 Å². The lowest BCUT2D eigenvalue weighted by atomic mass is 10.1. The summed E-state index contributed by atoms with van der Waals surface area (Å²) in [6.07, 6.45) is 0. The highest BCUT2D eigenvalue weighted by molar-refractivity contribution is 6.31. The second-order valence-electron chi connectivity index (χ2n) is 4.42. The molecular weight excluding hydrogens is 241 g/mol. The molecule has 0 spiro atoms. The lowest BCUT2D eigenvalue weighted by Gasteiger charge is -2.05. The Hall–Kier alpha value is -1.06. The van der Waals surface area contributed by atoms with Crippen molar-refractivity contribution in [1.29, 1.82) is 0 Å². The minimum absolute atomic E-state index is 0.0922. The summed E-state index contributed by atoms with van der Waals surface area (Å²) in [5.74, 6) is 0.276. The van der Waals surface area contributed by atoms with E-state index in [1.54, 1.807) is 12.1 Å². The van der Waals surface area contributed by atoms with E-state index in [0.29, 0.717) is 12.6 Å². The largest absolute Gasteiger partial charge is 0.456 e. The first kappa shape index (κ1) is 12.4. The molecule has 1 heterocycles. The maximum Gasteiger partial charge on any atom is 0.184 e. The molecular formula is C13H15ClFNO. The van der Waals surface area contributed by atoms with Gasteiger partial charge in [-0.3, -0.25) is 0 Å². The van der Waals surface area contributed by atoms with Gasteiger partial charge in [0.2, 0.25) is 0 Å². The van der Waals surface area contributed by atoms with Crippen LogP contribution in [-0.4, -0.2) is 6.04 Å². The number of aryl methyl sites for hydroxylation is 1. The van der Waals surface area contributed by atoms with Crippen LogP contribution in [0.5, 0.6) is 0 Å². The molecule has 2 aromatic rings. The summed E-state index contributed by atoms with van der Waals surface area (Å²) in [6, 6.07) is 3.70. The van der Waals surface area contributed by atoms with Crippen LogP contribution in [0.25, 0.3) is 11.0 Å². The minimum atomic E-state index is -0.483. The summed E-state index contributed by atoms with van der Waals surface area (Å²) >= 11 is 5.73. The molecule has 0 fully saturated rings. The number of nitrogens with one attached hydrogen (secondary N) is 1. The number of hydrogen-bond donors (Lipinski definition) is 1. The highest BCUT2D eigenvalue weighted by Gasteiger charge is 2.15. The molecule has 0 amide bonds. The van der Waals surface area contributed by atoms with Crippen molar-refractivity contribution in [2.75, 3.05) is 0 Å². The van der Waals surface area contributed by atoms with Gasteiger partial charge in [0.05, 0.1) is 11.6 Å². The lowest BCUT2D eigenvalue weighted by Crippen LogP contribution is -2.21. The average molecular weight is 256 g/mol. The Kier molecular flexibility index (Phi) is 3.40. The predicted molar refractivity (Wildman–Crippen MR) is 67.9 cm³/mol. The average Bonchev–Trinajstić information content (AvgIpc) is 2.59. The maximum atomic E-state index is 13.7. The molecule has 0 aliphatic heterocycles. The summed E-state index contributed by atoms with van der Waals surface area (Å²) < 4.78 is 19.3. The first-order valence-electron chi connectivity index (χ1n) is 5.60. The molecule has 2 rings (SSSR count). The Morgan fingerprint density at radius 3 is 2.76 bits per heavy atom. The second-order valence-corrected chi connectivity index (χ2v) is 4.83. The van der Waals surface area contributed by atoms with Crippen LogP contribution in [0.4, 0.5) is 4.39 Å². The second kappa shape index (κ2) is 4.67. The van der Waals surface area contributed by atoms with Crippen LogP contribution in [0.2, 0.25) is 5.02 Å². The minimum Gasteiger partial charge on any atom is -0.456 e. The van der Waals surface area contributed by atoms with Gasteiger partial charge in [0.15, 0.2) is 11.4 Å². The molecule has 0 aliphatic carbocycles. The summed E-state index contributed by atoms with van der Waals surface area (Å²) in [5, 5.41) is 4.13. The van der Waals surface area contributed by atoms with Gasteiger partial charge in [0.25, 0.3) is 0 Å². The number of rotatable bonds is 3. The van der Waals surface area contributed by atoms with Crippen LogP contribution in [0.3, 0.4) is 0 Å². The molecule has 0 atom stereocenters. The zero-order valence-electron chi connectivity index (χ0n) is 10.1. The van der Waals surface area contributed by atoms with Gasteiger partial charge in [-0.2, -0.15) is 0 Å². The molecule has 1 aromatic carbocycles. The summed E-state index contributed by atoms with van der Waals surface area (Å²) in [6.45, 7) is 6.62. The first-order valence-corrected chi connectivity index (χ1v) is 5.98. The maximum absolute atomic E-state index is 13.7. The summed E-state index contributed by atoms with van der Waals surface area (Å²) in [4.78, 5) is 0. The third kappa shape index (κ3) is 2.31. The van der Waals surface area contributed by atoms with Crippen molar-refractivity contribution in [3.63, 3.8) is 0 Å². The molecule has 1 aromatic heterocycles. The number of furan rings is 1. The van der Waals surface area contributed by atoms with Crippen LogP contribution >= 0.6 is 11.6 Å². The van der Waals surface area contributed by atoms with Gasteiger partial charge >= 0.3 is 0 Å². The van der Waals surface area contributed by atoms with Gasteiger partial charge in [-0.15, -0.1) is 0 Å². The topological polar surface area (TPSA) is 25.2 Å². The van der Waals surface area contributed by atoms with Crippen LogP contribution in [0.1, 0.15) is 25.2 Å². The molecule has 0 saturated carbocycles. The van der Waals surface area contributed by atoms with Crippen molar-refractivity contribution < 1.29 is 8.81 Å². The smallest absolute Gasteiger partial charge is 0.184 e. The zero-order chi connectivity index (χ0) is 12.6. The molecule has 4 heteroatoms. The number of halogens is 2. The van der Waals surface area contributed by atoms with Crippen molar-refractivity contribution in [2.24, 2.45) is 0 Å². The Morgan fingerprint density at radius 2 is 2.12 bits per heavy atom. The highest BCUT2D eigenvalue weighted by Crippen LogP contribution is 2.30. The first-order chi connectivity index (χ1) is 8.00. The van der Waals surface area contributed by atoms with Crippen molar-refractivity contribution in [3.05, 3.63) is 34.3 Å². The van der Waals surface area contributed by atoms with Crippen molar-refractivity contribution in [2.45, 2.75) is 33.4 Å². The van der Waals surface area contributed by atoms with Gasteiger partial charge < -0.3 is 9.73 Å². The van der Waals surface area contributed by atoms with Crippen LogP contribution in [0, 0.1) is 12.7 Å². The van der Waals surface area contributed by atoms with E-state index in [9.17, 15) is 4.39 Å². The lowest BCUT2D eigenvalue weighted by molar-refractivity contribution is 0.474. The van der Waals surface area contributed by atoms with Crippen LogP contribution < -0.4 is 5.32 Å². The van der Waals surface area contributed by atoms with E-state index in [1.165, 1.54) is 0 Å². The van der Waals surface area contributed by atoms with Gasteiger partial charge in [-0.25, -0.2) is 4.39 Å². The molecule has 0 bridgehead atoms. The third-order valence-corrected chi connectivity index (χ3v) is 3.06. The summed E-state index contributed by atoms with van der Waals surface area (Å²) in [5.41, 5.74) is 1.21. The van der Waals surface area contributed by atoms with E-state index in [0.717, 1.165) is 16.7 Å². The SMILES string of the molecule is Cc1c(CNC(C)C)oc2c(F)c(Cl)ccc12. The molecule has 0 saturated heterocycles. The number of hydrogen-bond acceptors (Lipinski definition) is 2. The Bertz CT molecular complexity index is 548. The Labute approximate surface area is 105 Å². The molecule has 0 aliphatic rings. The predicted octanol–water partition coefficient (Wildman–Crippen LogP) is 4.03. The van der Waals surface area contributed by atoms with E-state index in [1.807, 2.05) is 6.92 Å². The molecule has 0 unspecified atom stereocenters. The van der Waals surface area contributed by atoms with Gasteiger partial charge in [-0.05, 0) is 24.6 Å². The molecule has 92 valence electrons. The third-order valence-electron chi connectivity index (χ3n) is 2.77.